The Morgan fingerprint density at radius 1 is 1.35 bits per heavy atom. The van der Waals surface area contributed by atoms with Crippen molar-refractivity contribution in [1.29, 1.82) is 0 Å². The molecule has 9 heteroatoms. The van der Waals surface area contributed by atoms with Crippen LogP contribution in [-0.4, -0.2) is 45.7 Å². The number of rotatable bonds is 7. The zero-order chi connectivity index (χ0) is 16.9. The summed E-state index contributed by atoms with van der Waals surface area (Å²) >= 11 is 0. The summed E-state index contributed by atoms with van der Waals surface area (Å²) in [4.78, 5) is 22.2. The lowest BCUT2D eigenvalue weighted by Crippen LogP contribution is -2.44. The molecule has 126 valence electrons. The van der Waals surface area contributed by atoms with Gasteiger partial charge in [-0.3, -0.25) is 8.98 Å². The van der Waals surface area contributed by atoms with Crippen molar-refractivity contribution < 1.29 is 26.9 Å². The molecule has 8 nitrogen and oxygen atoms in total. The molecule has 1 heterocycles. The minimum Gasteiger partial charge on any atom is -0.441 e. The number of ether oxygens (including phenoxy) is 1. The maximum absolute atomic E-state index is 12.0. The number of hydrogen-bond acceptors (Lipinski definition) is 6. The molecule has 1 fully saturated rings. The van der Waals surface area contributed by atoms with Crippen molar-refractivity contribution in [2.24, 2.45) is 0 Å². The lowest BCUT2D eigenvalue weighted by molar-refractivity contribution is -0.119. The molecule has 2 atom stereocenters. The van der Waals surface area contributed by atoms with E-state index in [9.17, 15) is 18.0 Å². The van der Waals surface area contributed by atoms with Crippen LogP contribution in [0.15, 0.2) is 30.3 Å². The van der Waals surface area contributed by atoms with Crippen molar-refractivity contribution in [2.45, 2.75) is 24.8 Å². The second-order valence-corrected chi connectivity index (χ2v) is 6.74. The van der Waals surface area contributed by atoms with Gasteiger partial charge in [0.25, 0.3) is 10.1 Å². The average Bonchev–Trinajstić information content (AvgIpc) is 2.84. The van der Waals surface area contributed by atoms with Crippen molar-refractivity contribution in [3.63, 3.8) is 0 Å². The number of carbonyl (C=O) groups excluding carboxylic acids is 2. The van der Waals surface area contributed by atoms with Gasteiger partial charge in [-0.05, 0) is 5.56 Å². The molecule has 1 aromatic carbocycles. The molecule has 1 aromatic rings. The molecule has 23 heavy (non-hydrogen) atoms. The SMILES string of the molecule is CC(=O)NC[C@H]1NC(=O)O[C@@H]1COS(=O)(=O)Cc1ccccc1. The minimum absolute atomic E-state index is 0.133. The Balaban J connectivity index is 1.90. The fourth-order valence-corrected chi connectivity index (χ4v) is 3.10. The Bertz CT molecular complexity index is 661. The lowest BCUT2D eigenvalue weighted by Gasteiger charge is -2.17. The molecule has 0 saturated carbocycles. The van der Waals surface area contributed by atoms with Crippen molar-refractivity contribution in [1.82, 2.24) is 10.6 Å². The molecule has 0 aromatic heterocycles. The summed E-state index contributed by atoms with van der Waals surface area (Å²) in [5.74, 6) is -0.527. The average molecular weight is 342 g/mol. The Hall–Kier alpha value is -2.13. The Labute approximate surface area is 134 Å². The molecule has 0 unspecified atom stereocenters. The van der Waals surface area contributed by atoms with Crippen LogP contribution < -0.4 is 10.6 Å². The van der Waals surface area contributed by atoms with Gasteiger partial charge in [0.15, 0.2) is 6.10 Å². The summed E-state index contributed by atoms with van der Waals surface area (Å²) in [5.41, 5.74) is 0.601. The predicted octanol–water partition coefficient (Wildman–Crippen LogP) is 0.146. The normalized spacial score (nSPS) is 20.7. The van der Waals surface area contributed by atoms with Crippen LogP contribution in [-0.2, 0) is 29.6 Å². The molecule has 1 aliphatic rings. The number of benzene rings is 1. The van der Waals surface area contributed by atoms with E-state index in [-0.39, 0.29) is 24.8 Å². The molecular weight excluding hydrogens is 324 g/mol. The van der Waals surface area contributed by atoms with Gasteiger partial charge in [-0.25, -0.2) is 4.79 Å². The van der Waals surface area contributed by atoms with Crippen LogP contribution in [0.3, 0.4) is 0 Å². The number of hydrogen-bond donors (Lipinski definition) is 2. The molecule has 2 N–H and O–H groups in total. The van der Waals surface area contributed by atoms with Gasteiger partial charge in [0.2, 0.25) is 5.91 Å². The third kappa shape index (κ3) is 5.53. The molecule has 1 saturated heterocycles. The molecular formula is C14H18N2O6S. The van der Waals surface area contributed by atoms with Crippen molar-refractivity contribution in [2.75, 3.05) is 13.2 Å². The first-order chi connectivity index (χ1) is 10.9. The van der Waals surface area contributed by atoms with Crippen LogP contribution in [0, 0.1) is 0 Å². The summed E-state index contributed by atoms with van der Waals surface area (Å²) in [6.07, 6.45) is -1.46. The van der Waals surface area contributed by atoms with Gasteiger partial charge >= 0.3 is 6.09 Å². The summed E-state index contributed by atoms with van der Waals surface area (Å²) in [6.45, 7) is 1.17. The van der Waals surface area contributed by atoms with Crippen LogP contribution in [0.5, 0.6) is 0 Å². The molecule has 0 aliphatic carbocycles. The van der Waals surface area contributed by atoms with E-state index in [0.29, 0.717) is 5.56 Å². The number of nitrogens with one attached hydrogen (secondary N) is 2. The summed E-state index contributed by atoms with van der Waals surface area (Å²) < 4.78 is 33.8. The maximum atomic E-state index is 12.0. The van der Waals surface area contributed by atoms with Gasteiger partial charge in [-0.2, -0.15) is 8.42 Å². The highest BCUT2D eigenvalue weighted by molar-refractivity contribution is 7.85. The van der Waals surface area contributed by atoms with E-state index < -0.39 is 28.4 Å². The molecule has 1 aliphatic heterocycles. The summed E-state index contributed by atoms with van der Waals surface area (Å²) in [5, 5.41) is 5.03. The third-order valence-corrected chi connectivity index (χ3v) is 4.36. The Morgan fingerprint density at radius 2 is 2.04 bits per heavy atom. The fourth-order valence-electron chi connectivity index (χ4n) is 2.08. The van der Waals surface area contributed by atoms with Gasteiger partial charge in [-0.1, -0.05) is 30.3 Å². The highest BCUT2D eigenvalue weighted by Crippen LogP contribution is 2.13. The largest absolute Gasteiger partial charge is 0.441 e. The van der Waals surface area contributed by atoms with E-state index in [0.717, 1.165) is 0 Å². The lowest BCUT2D eigenvalue weighted by atomic mass is 10.2. The highest BCUT2D eigenvalue weighted by Gasteiger charge is 2.35. The highest BCUT2D eigenvalue weighted by atomic mass is 32.2. The quantitative estimate of drug-likeness (QED) is 0.682. The molecule has 0 spiro atoms. The van der Waals surface area contributed by atoms with E-state index >= 15 is 0 Å². The zero-order valence-electron chi connectivity index (χ0n) is 12.5. The van der Waals surface area contributed by atoms with E-state index in [1.54, 1.807) is 30.3 Å². The summed E-state index contributed by atoms with van der Waals surface area (Å²) in [7, 11) is -3.80. The van der Waals surface area contributed by atoms with E-state index in [1.807, 2.05) is 0 Å². The number of amides is 2. The number of alkyl carbamates (subject to hydrolysis) is 1. The Morgan fingerprint density at radius 3 is 2.70 bits per heavy atom. The van der Waals surface area contributed by atoms with E-state index in [4.69, 9.17) is 8.92 Å². The van der Waals surface area contributed by atoms with Gasteiger partial charge < -0.3 is 15.4 Å². The van der Waals surface area contributed by atoms with Gasteiger partial charge in [-0.15, -0.1) is 0 Å². The molecule has 2 rings (SSSR count). The number of carbonyl (C=O) groups is 2. The first-order valence-electron chi connectivity index (χ1n) is 6.98. The molecule has 2 amide bonds. The first kappa shape index (κ1) is 17.2. The van der Waals surface area contributed by atoms with E-state index in [1.165, 1.54) is 6.92 Å². The fraction of sp³-hybridized carbons (Fsp3) is 0.429. The minimum atomic E-state index is -3.80. The summed E-state index contributed by atoms with van der Waals surface area (Å²) in [6, 6.07) is 8.06. The molecule has 0 bridgehead atoms. The Kier molecular flexibility index (Phi) is 5.56. The second-order valence-electron chi connectivity index (χ2n) is 5.10. The van der Waals surface area contributed by atoms with Crippen LogP contribution in [0.1, 0.15) is 12.5 Å². The monoisotopic (exact) mass is 342 g/mol. The van der Waals surface area contributed by atoms with E-state index in [2.05, 4.69) is 10.6 Å². The smallest absolute Gasteiger partial charge is 0.407 e. The van der Waals surface area contributed by atoms with Crippen molar-refractivity contribution in [3.8, 4) is 0 Å². The third-order valence-electron chi connectivity index (χ3n) is 3.18. The molecule has 0 radical (unpaired) electrons. The zero-order valence-corrected chi connectivity index (χ0v) is 13.3. The van der Waals surface area contributed by atoms with Crippen LogP contribution >= 0.6 is 0 Å². The van der Waals surface area contributed by atoms with Crippen LogP contribution in [0.2, 0.25) is 0 Å². The van der Waals surface area contributed by atoms with Crippen molar-refractivity contribution in [3.05, 3.63) is 35.9 Å². The standard InChI is InChI=1S/C14H18N2O6S/c1-10(17)15-7-12-13(22-14(18)16-12)8-21-23(19,20)9-11-5-3-2-4-6-11/h2-6,12-13H,7-9H2,1H3,(H,15,17)(H,16,18)/t12-,13-/m1/s1. The predicted molar refractivity (Wildman–Crippen MR) is 80.9 cm³/mol. The van der Waals surface area contributed by atoms with Gasteiger partial charge in [0, 0.05) is 13.5 Å². The topological polar surface area (TPSA) is 111 Å². The maximum Gasteiger partial charge on any atom is 0.407 e. The van der Waals surface area contributed by atoms with Gasteiger partial charge in [0.1, 0.15) is 12.4 Å². The van der Waals surface area contributed by atoms with Crippen LogP contribution in [0.25, 0.3) is 0 Å². The van der Waals surface area contributed by atoms with Gasteiger partial charge in [0.05, 0.1) is 6.04 Å². The van der Waals surface area contributed by atoms with Crippen molar-refractivity contribution >= 4 is 22.1 Å². The second kappa shape index (κ2) is 7.42. The first-order valence-corrected chi connectivity index (χ1v) is 8.56. The number of cyclic esters (lactones) is 1. The van der Waals surface area contributed by atoms with Crippen LogP contribution in [0.4, 0.5) is 4.79 Å².